The number of hydrogen-bond donors (Lipinski definition) is 4. The smallest absolute Gasteiger partial charge is 0.321 e. The van der Waals surface area contributed by atoms with Gasteiger partial charge in [0, 0.05) is 30.1 Å². The molecule has 4 N–H and O–H groups in total. The molecule has 1 aliphatic rings. The Hall–Kier alpha value is -3.01. The fraction of sp³-hybridized carbons (Fsp3) is 0.318. The Morgan fingerprint density at radius 1 is 1.41 bits per heavy atom. The average Bonchev–Trinajstić information content (AvgIpc) is 3.31. The number of rotatable bonds is 8. The zero-order valence-corrected chi connectivity index (χ0v) is 18.1. The van der Waals surface area contributed by atoms with E-state index in [0.717, 1.165) is 18.5 Å². The van der Waals surface area contributed by atoms with E-state index in [2.05, 4.69) is 25.9 Å². The summed E-state index contributed by atoms with van der Waals surface area (Å²) >= 11 is 5.89. The van der Waals surface area contributed by atoms with Crippen molar-refractivity contribution in [2.45, 2.75) is 19.0 Å². The maximum absolute atomic E-state index is 14.4. The standard InChI is InChI=1S/C22H23ClFN5O3/c1-32-18-8-17-14(7-13(18)10-26-20(22(30)31)12-5-6-25-9-12)21(28-11-27-17)29-16-4-2-3-15(23)19(16)24/h2-4,7-8,11-12,20,25-26H,5-6,9-10H2,1H3,(H,30,31)(H,27,28,29). The largest absolute Gasteiger partial charge is 0.496 e. The highest BCUT2D eigenvalue weighted by Gasteiger charge is 2.30. The van der Waals surface area contributed by atoms with Crippen LogP contribution in [0.15, 0.2) is 36.7 Å². The zero-order valence-electron chi connectivity index (χ0n) is 17.4. The van der Waals surface area contributed by atoms with Crippen LogP contribution < -0.4 is 20.7 Å². The second-order valence-electron chi connectivity index (χ2n) is 7.58. The van der Waals surface area contributed by atoms with E-state index in [9.17, 15) is 14.3 Å². The Labute approximate surface area is 189 Å². The van der Waals surface area contributed by atoms with Crippen LogP contribution in [0.3, 0.4) is 0 Å². The summed E-state index contributed by atoms with van der Waals surface area (Å²) in [5.41, 5.74) is 1.52. The number of carboxylic acids is 1. The van der Waals surface area contributed by atoms with Crippen molar-refractivity contribution in [3.05, 3.63) is 53.1 Å². The van der Waals surface area contributed by atoms with Crippen molar-refractivity contribution in [1.29, 1.82) is 0 Å². The summed E-state index contributed by atoms with van der Waals surface area (Å²) in [6, 6.07) is 7.55. The normalized spacial score (nSPS) is 16.8. The molecule has 10 heteroatoms. The number of carbonyl (C=O) groups is 1. The van der Waals surface area contributed by atoms with Gasteiger partial charge in [-0.1, -0.05) is 17.7 Å². The zero-order chi connectivity index (χ0) is 22.7. The van der Waals surface area contributed by atoms with Crippen LogP contribution in [-0.2, 0) is 11.3 Å². The van der Waals surface area contributed by atoms with Gasteiger partial charge in [-0.3, -0.25) is 10.1 Å². The van der Waals surface area contributed by atoms with Crippen LogP contribution in [0.1, 0.15) is 12.0 Å². The maximum atomic E-state index is 14.4. The molecule has 2 heterocycles. The van der Waals surface area contributed by atoms with Crippen LogP contribution in [-0.4, -0.2) is 47.3 Å². The lowest BCUT2D eigenvalue weighted by molar-refractivity contribution is -0.140. The minimum Gasteiger partial charge on any atom is -0.496 e. The number of aromatic nitrogens is 2. The first-order chi connectivity index (χ1) is 15.5. The molecule has 0 saturated carbocycles. The summed E-state index contributed by atoms with van der Waals surface area (Å²) in [5, 5.41) is 19.6. The van der Waals surface area contributed by atoms with Gasteiger partial charge in [0.2, 0.25) is 0 Å². The van der Waals surface area contributed by atoms with Gasteiger partial charge in [-0.15, -0.1) is 0 Å². The SMILES string of the molecule is COc1cc2ncnc(Nc3cccc(Cl)c3F)c2cc1CNC(C(=O)O)C1CCNC1. The van der Waals surface area contributed by atoms with Crippen LogP contribution >= 0.6 is 11.6 Å². The quantitative estimate of drug-likeness (QED) is 0.406. The molecule has 1 aromatic heterocycles. The van der Waals surface area contributed by atoms with E-state index in [1.54, 1.807) is 25.3 Å². The molecule has 32 heavy (non-hydrogen) atoms. The number of anilines is 2. The summed E-state index contributed by atoms with van der Waals surface area (Å²) in [7, 11) is 1.54. The van der Waals surface area contributed by atoms with Crippen LogP contribution in [0.4, 0.5) is 15.9 Å². The fourth-order valence-corrected chi connectivity index (χ4v) is 4.10. The third kappa shape index (κ3) is 4.59. The van der Waals surface area contributed by atoms with Gasteiger partial charge in [0.25, 0.3) is 0 Å². The molecule has 0 spiro atoms. The monoisotopic (exact) mass is 459 g/mol. The van der Waals surface area contributed by atoms with E-state index in [1.165, 1.54) is 12.4 Å². The number of benzene rings is 2. The van der Waals surface area contributed by atoms with E-state index in [1.807, 2.05) is 6.07 Å². The van der Waals surface area contributed by atoms with Gasteiger partial charge in [-0.05, 0) is 37.1 Å². The number of nitrogens with one attached hydrogen (secondary N) is 3. The first-order valence-electron chi connectivity index (χ1n) is 10.2. The van der Waals surface area contributed by atoms with Crippen molar-refractivity contribution in [3.63, 3.8) is 0 Å². The molecule has 4 rings (SSSR count). The van der Waals surface area contributed by atoms with Gasteiger partial charge >= 0.3 is 5.97 Å². The number of ether oxygens (including phenoxy) is 1. The fourth-order valence-electron chi connectivity index (χ4n) is 3.92. The summed E-state index contributed by atoms with van der Waals surface area (Å²) in [6.07, 6.45) is 2.17. The molecule has 1 aliphatic heterocycles. The minimum absolute atomic E-state index is 0.000958. The number of hydrogen-bond acceptors (Lipinski definition) is 7. The molecule has 0 radical (unpaired) electrons. The topological polar surface area (TPSA) is 108 Å². The van der Waals surface area contributed by atoms with E-state index < -0.39 is 17.8 Å². The minimum atomic E-state index is -0.888. The van der Waals surface area contributed by atoms with Gasteiger partial charge < -0.3 is 20.5 Å². The summed E-state index contributed by atoms with van der Waals surface area (Å²) in [4.78, 5) is 20.3. The first kappa shape index (κ1) is 22.2. The molecule has 0 bridgehead atoms. The first-order valence-corrected chi connectivity index (χ1v) is 10.5. The van der Waals surface area contributed by atoms with Crippen molar-refractivity contribution < 1.29 is 19.0 Å². The molecule has 0 aliphatic carbocycles. The van der Waals surface area contributed by atoms with Gasteiger partial charge in [-0.2, -0.15) is 0 Å². The molecule has 2 aromatic carbocycles. The summed E-state index contributed by atoms with van der Waals surface area (Å²) in [5.74, 6) is -0.496. The number of methoxy groups -OCH3 is 1. The van der Waals surface area contributed by atoms with Crippen LogP contribution in [0.2, 0.25) is 5.02 Å². The number of nitrogens with zero attached hydrogens (tertiary/aromatic N) is 2. The van der Waals surface area contributed by atoms with E-state index in [0.29, 0.717) is 29.0 Å². The Bertz CT molecular complexity index is 1140. The lowest BCUT2D eigenvalue weighted by atomic mass is 9.98. The van der Waals surface area contributed by atoms with Gasteiger partial charge in [0.05, 0.1) is 23.3 Å². The van der Waals surface area contributed by atoms with Crippen LogP contribution in [0.5, 0.6) is 5.75 Å². The van der Waals surface area contributed by atoms with Gasteiger partial charge in [0.1, 0.15) is 23.9 Å². The molecular formula is C22H23ClFN5O3. The van der Waals surface area contributed by atoms with Crippen LogP contribution in [0, 0.1) is 11.7 Å². The molecular weight excluding hydrogens is 437 g/mol. The Kier molecular flexibility index (Phi) is 6.69. The van der Waals surface area contributed by atoms with Crippen molar-refractivity contribution >= 4 is 40.0 Å². The second-order valence-corrected chi connectivity index (χ2v) is 7.99. The number of aliphatic carboxylic acids is 1. The predicted molar refractivity (Wildman–Crippen MR) is 120 cm³/mol. The summed E-state index contributed by atoms with van der Waals surface area (Å²) < 4.78 is 19.9. The molecule has 1 saturated heterocycles. The third-order valence-corrected chi connectivity index (χ3v) is 5.88. The molecule has 0 amide bonds. The predicted octanol–water partition coefficient (Wildman–Crippen LogP) is 3.33. The van der Waals surface area contributed by atoms with E-state index in [4.69, 9.17) is 16.3 Å². The Morgan fingerprint density at radius 3 is 2.97 bits per heavy atom. The highest BCUT2D eigenvalue weighted by molar-refractivity contribution is 6.31. The third-order valence-electron chi connectivity index (χ3n) is 5.59. The van der Waals surface area contributed by atoms with Crippen molar-refractivity contribution in [1.82, 2.24) is 20.6 Å². The van der Waals surface area contributed by atoms with Crippen molar-refractivity contribution in [2.24, 2.45) is 5.92 Å². The van der Waals surface area contributed by atoms with Gasteiger partial charge in [-0.25, -0.2) is 14.4 Å². The molecule has 8 nitrogen and oxygen atoms in total. The Morgan fingerprint density at radius 2 is 2.25 bits per heavy atom. The van der Waals surface area contributed by atoms with Crippen molar-refractivity contribution in [2.75, 3.05) is 25.5 Å². The molecule has 3 aromatic rings. The average molecular weight is 460 g/mol. The molecule has 1 fully saturated rings. The van der Waals surface area contributed by atoms with Crippen LogP contribution in [0.25, 0.3) is 10.9 Å². The number of halogens is 2. The second kappa shape index (κ2) is 9.64. The molecule has 2 atom stereocenters. The number of carboxylic acid groups (broad SMARTS) is 1. The molecule has 2 unspecified atom stereocenters. The van der Waals surface area contributed by atoms with E-state index in [-0.39, 0.29) is 23.2 Å². The molecule has 168 valence electrons. The van der Waals surface area contributed by atoms with Crippen molar-refractivity contribution in [3.8, 4) is 5.75 Å². The number of fused-ring (bicyclic) bond motifs is 1. The summed E-state index contributed by atoms with van der Waals surface area (Å²) in [6.45, 7) is 1.74. The van der Waals surface area contributed by atoms with E-state index >= 15 is 0 Å². The lowest BCUT2D eigenvalue weighted by Gasteiger charge is -2.21. The van der Waals surface area contributed by atoms with Gasteiger partial charge in [0.15, 0.2) is 5.82 Å². The highest BCUT2D eigenvalue weighted by atomic mass is 35.5. The maximum Gasteiger partial charge on any atom is 0.321 e. The Balaban J connectivity index is 1.66. The highest BCUT2D eigenvalue weighted by Crippen LogP contribution is 2.31. The lowest BCUT2D eigenvalue weighted by Crippen LogP contribution is -2.43.